The summed E-state index contributed by atoms with van der Waals surface area (Å²) >= 11 is 0. The molecule has 2 unspecified atom stereocenters. The Hall–Kier alpha value is 0.137. The Morgan fingerprint density at radius 1 is 1.38 bits per heavy atom. The smallest absolute Gasteiger partial charge is 0.270 e. The second-order valence-corrected chi connectivity index (χ2v) is 9.20. The van der Waals surface area contributed by atoms with Crippen molar-refractivity contribution in [1.82, 2.24) is 4.98 Å². The highest BCUT2D eigenvalue weighted by Gasteiger charge is 2.42. The van der Waals surface area contributed by atoms with Crippen LogP contribution in [0.3, 0.4) is 0 Å². The predicted molar refractivity (Wildman–Crippen MR) is 61.2 cm³/mol. The molecule has 3 heteroatoms. The second-order valence-electron chi connectivity index (χ2n) is 4.94. The monoisotopic (exact) mass is 203 g/mol. The number of hydrogen-bond acceptors (Lipinski definition) is 2. The maximum absolute atomic E-state index is 5.70. The Bertz CT molecular complexity index is 155. The second kappa shape index (κ2) is 4.58. The minimum absolute atomic E-state index is 0.241. The number of rotatable bonds is 4. The molecule has 0 rings (SSSR count). The van der Waals surface area contributed by atoms with Gasteiger partial charge < -0.3 is 9.41 Å². The molecule has 0 heterocycles. The molecule has 0 aliphatic heterocycles. The van der Waals surface area contributed by atoms with E-state index in [1.54, 1.807) is 0 Å². The molecule has 0 aromatic rings. The lowest BCUT2D eigenvalue weighted by Gasteiger charge is -2.40. The zero-order valence-electron chi connectivity index (χ0n) is 10.2. The van der Waals surface area contributed by atoms with Gasteiger partial charge in [0.15, 0.2) is 0 Å². The van der Waals surface area contributed by atoms with Crippen LogP contribution in [0, 0.1) is 0 Å². The van der Waals surface area contributed by atoms with Crippen molar-refractivity contribution in [3.8, 4) is 0 Å². The van der Waals surface area contributed by atoms with Crippen LogP contribution in [0.5, 0.6) is 0 Å². The van der Waals surface area contributed by atoms with Gasteiger partial charge in [-0.25, -0.2) is 0 Å². The van der Waals surface area contributed by atoms with Crippen LogP contribution in [0.25, 0.3) is 0 Å². The molecule has 0 saturated heterocycles. The van der Waals surface area contributed by atoms with E-state index in [-0.39, 0.29) is 5.04 Å². The average molecular weight is 203 g/mol. The van der Waals surface area contributed by atoms with E-state index in [0.29, 0.717) is 6.04 Å². The van der Waals surface area contributed by atoms with Crippen LogP contribution in [0.4, 0.5) is 0 Å². The summed E-state index contributed by atoms with van der Waals surface area (Å²) in [6, 6.07) is 0.552. The standard InChI is InChI=1S/C10H25NOSi/c1-8-9(2)11-13(7,12-6)10(3,4)5/h9,11H,8H2,1-7H3. The Morgan fingerprint density at radius 3 is 2.08 bits per heavy atom. The van der Waals surface area contributed by atoms with Crippen LogP contribution in [-0.4, -0.2) is 21.6 Å². The van der Waals surface area contributed by atoms with Gasteiger partial charge in [-0.15, -0.1) is 0 Å². The molecular formula is C10H25NOSi. The Balaban J connectivity index is 4.46. The lowest BCUT2D eigenvalue weighted by molar-refractivity contribution is 0.341. The SMILES string of the molecule is CCC(C)N[Si](C)(OC)C(C)(C)C. The van der Waals surface area contributed by atoms with E-state index in [9.17, 15) is 0 Å². The number of hydrogen-bond donors (Lipinski definition) is 1. The van der Waals surface area contributed by atoms with Crippen LogP contribution in [0.1, 0.15) is 41.0 Å². The molecular weight excluding hydrogens is 178 g/mol. The molecule has 2 nitrogen and oxygen atoms in total. The highest BCUT2D eigenvalue weighted by Crippen LogP contribution is 2.34. The van der Waals surface area contributed by atoms with E-state index in [2.05, 4.69) is 46.1 Å². The van der Waals surface area contributed by atoms with Crippen LogP contribution >= 0.6 is 0 Å². The van der Waals surface area contributed by atoms with Gasteiger partial charge in [-0.2, -0.15) is 0 Å². The van der Waals surface area contributed by atoms with Gasteiger partial charge in [0.05, 0.1) is 0 Å². The maximum atomic E-state index is 5.70. The van der Waals surface area contributed by atoms with Gasteiger partial charge in [0.25, 0.3) is 8.48 Å². The largest absolute Gasteiger partial charge is 0.406 e. The summed E-state index contributed by atoms with van der Waals surface area (Å²) in [5, 5.41) is 0.241. The normalized spacial score (nSPS) is 19.6. The minimum Gasteiger partial charge on any atom is -0.406 e. The van der Waals surface area contributed by atoms with E-state index in [4.69, 9.17) is 4.43 Å². The molecule has 0 fully saturated rings. The molecule has 0 bridgehead atoms. The fourth-order valence-electron chi connectivity index (χ4n) is 1.15. The summed E-state index contributed by atoms with van der Waals surface area (Å²) in [7, 11) is 0.0672. The van der Waals surface area contributed by atoms with Gasteiger partial charge in [-0.3, -0.25) is 0 Å². The lowest BCUT2D eigenvalue weighted by Crippen LogP contribution is -2.59. The summed E-state index contributed by atoms with van der Waals surface area (Å²) < 4.78 is 5.70. The molecule has 0 radical (unpaired) electrons. The van der Waals surface area contributed by atoms with Crippen molar-refractivity contribution < 1.29 is 4.43 Å². The van der Waals surface area contributed by atoms with E-state index in [1.165, 1.54) is 0 Å². The third-order valence-electron chi connectivity index (χ3n) is 2.97. The Morgan fingerprint density at radius 2 is 1.85 bits per heavy atom. The topological polar surface area (TPSA) is 21.3 Å². The first kappa shape index (κ1) is 13.1. The third-order valence-corrected chi connectivity index (χ3v) is 7.70. The summed E-state index contributed by atoms with van der Waals surface area (Å²) in [4.78, 5) is 3.65. The molecule has 0 aliphatic rings. The van der Waals surface area contributed by atoms with Gasteiger partial charge in [0.2, 0.25) is 0 Å². The van der Waals surface area contributed by atoms with Crippen LogP contribution in [0.2, 0.25) is 11.6 Å². The molecule has 2 atom stereocenters. The first-order valence-corrected chi connectivity index (χ1v) is 7.50. The van der Waals surface area contributed by atoms with Gasteiger partial charge >= 0.3 is 0 Å². The van der Waals surface area contributed by atoms with Gasteiger partial charge in [0.1, 0.15) is 0 Å². The fraction of sp³-hybridized carbons (Fsp3) is 1.00. The first-order chi connectivity index (χ1) is 5.77. The summed E-state index contributed by atoms with van der Waals surface area (Å²) in [6.45, 7) is 13.4. The first-order valence-electron chi connectivity index (χ1n) is 5.09. The zero-order chi connectivity index (χ0) is 10.7. The van der Waals surface area contributed by atoms with E-state index >= 15 is 0 Å². The fourth-order valence-corrected chi connectivity index (χ4v) is 3.46. The molecule has 13 heavy (non-hydrogen) atoms. The minimum atomic E-state index is -1.76. The quantitative estimate of drug-likeness (QED) is 0.709. The van der Waals surface area contributed by atoms with Crippen molar-refractivity contribution in [2.24, 2.45) is 0 Å². The van der Waals surface area contributed by atoms with Crippen molar-refractivity contribution in [2.75, 3.05) is 7.11 Å². The molecule has 0 amide bonds. The maximum Gasteiger partial charge on any atom is 0.270 e. The van der Waals surface area contributed by atoms with Crippen LogP contribution in [0.15, 0.2) is 0 Å². The zero-order valence-corrected chi connectivity index (χ0v) is 11.2. The van der Waals surface area contributed by atoms with Crippen molar-refractivity contribution in [3.63, 3.8) is 0 Å². The van der Waals surface area contributed by atoms with E-state index in [0.717, 1.165) is 6.42 Å². The lowest BCUT2D eigenvalue weighted by atomic mass is 10.2. The van der Waals surface area contributed by atoms with Crippen molar-refractivity contribution in [2.45, 2.75) is 58.7 Å². The summed E-state index contributed by atoms with van der Waals surface area (Å²) in [6.07, 6.45) is 1.15. The average Bonchev–Trinajstić information content (AvgIpc) is 2.02. The molecule has 1 N–H and O–H groups in total. The van der Waals surface area contributed by atoms with Crippen LogP contribution in [-0.2, 0) is 4.43 Å². The third kappa shape index (κ3) is 3.41. The van der Waals surface area contributed by atoms with E-state index < -0.39 is 8.48 Å². The molecule has 0 aliphatic carbocycles. The van der Waals surface area contributed by atoms with Crippen LogP contribution < -0.4 is 4.98 Å². The van der Waals surface area contributed by atoms with Gasteiger partial charge in [-0.1, -0.05) is 34.6 Å². The molecule has 0 aromatic carbocycles. The van der Waals surface area contributed by atoms with Crippen molar-refractivity contribution in [3.05, 3.63) is 0 Å². The van der Waals surface area contributed by atoms with E-state index in [1.807, 2.05) is 7.11 Å². The number of nitrogens with one attached hydrogen (secondary N) is 1. The molecule has 0 spiro atoms. The van der Waals surface area contributed by atoms with Gasteiger partial charge in [0, 0.05) is 7.11 Å². The summed E-state index contributed by atoms with van der Waals surface area (Å²) in [5.74, 6) is 0. The van der Waals surface area contributed by atoms with Crippen molar-refractivity contribution in [1.29, 1.82) is 0 Å². The summed E-state index contributed by atoms with van der Waals surface area (Å²) in [5.41, 5.74) is 0. The predicted octanol–water partition coefficient (Wildman–Crippen LogP) is 2.89. The molecule has 0 aromatic heterocycles. The highest BCUT2D eigenvalue weighted by molar-refractivity contribution is 6.73. The molecule has 80 valence electrons. The Kier molecular flexibility index (Phi) is 4.62. The molecule has 0 saturated carbocycles. The Labute approximate surface area is 84.3 Å². The highest BCUT2D eigenvalue weighted by atomic mass is 28.4. The van der Waals surface area contributed by atoms with Crippen molar-refractivity contribution >= 4 is 8.48 Å². The van der Waals surface area contributed by atoms with Gasteiger partial charge in [-0.05, 0) is 24.0 Å².